The van der Waals surface area contributed by atoms with E-state index in [1.807, 2.05) is 20.8 Å². The standard InChI is InChI=1S/C8H14N2O/c1-5(2)8(4)7(11)9-6(3)10-8/h5,10H,3H2,1-2,4H3,(H,9,11). The number of amides is 1. The van der Waals surface area contributed by atoms with Crippen LogP contribution in [-0.2, 0) is 4.79 Å². The van der Waals surface area contributed by atoms with Gasteiger partial charge in [-0.05, 0) is 12.8 Å². The van der Waals surface area contributed by atoms with Crippen molar-refractivity contribution in [2.45, 2.75) is 26.3 Å². The fourth-order valence-corrected chi connectivity index (χ4v) is 1.07. The van der Waals surface area contributed by atoms with Crippen molar-refractivity contribution >= 4 is 5.91 Å². The molecule has 11 heavy (non-hydrogen) atoms. The van der Waals surface area contributed by atoms with Gasteiger partial charge in [-0.3, -0.25) is 4.79 Å². The lowest BCUT2D eigenvalue weighted by Crippen LogP contribution is -2.47. The third-order valence-electron chi connectivity index (χ3n) is 2.30. The SMILES string of the molecule is C=C1NC(=O)C(C)(C(C)C)N1. The minimum absolute atomic E-state index is 0.0116. The molecule has 1 fully saturated rings. The van der Waals surface area contributed by atoms with E-state index in [4.69, 9.17) is 0 Å². The zero-order valence-corrected chi connectivity index (χ0v) is 7.19. The van der Waals surface area contributed by atoms with Crippen LogP contribution >= 0.6 is 0 Å². The monoisotopic (exact) mass is 154 g/mol. The number of hydrogen-bond acceptors (Lipinski definition) is 2. The van der Waals surface area contributed by atoms with Crippen LogP contribution < -0.4 is 10.6 Å². The van der Waals surface area contributed by atoms with Crippen LogP contribution in [0.5, 0.6) is 0 Å². The minimum Gasteiger partial charge on any atom is -0.358 e. The average molecular weight is 154 g/mol. The normalized spacial score (nSPS) is 30.5. The van der Waals surface area contributed by atoms with Crippen LogP contribution in [0.25, 0.3) is 0 Å². The van der Waals surface area contributed by atoms with Crippen molar-refractivity contribution in [3.05, 3.63) is 12.4 Å². The molecule has 0 aromatic rings. The number of rotatable bonds is 1. The zero-order chi connectivity index (χ0) is 8.65. The molecule has 1 unspecified atom stereocenters. The second kappa shape index (κ2) is 2.26. The molecular weight excluding hydrogens is 140 g/mol. The predicted molar refractivity (Wildman–Crippen MR) is 43.7 cm³/mol. The second-order valence-electron chi connectivity index (χ2n) is 3.41. The van der Waals surface area contributed by atoms with Crippen molar-refractivity contribution in [3.63, 3.8) is 0 Å². The van der Waals surface area contributed by atoms with Gasteiger partial charge in [-0.2, -0.15) is 0 Å². The van der Waals surface area contributed by atoms with E-state index >= 15 is 0 Å². The van der Waals surface area contributed by atoms with Crippen molar-refractivity contribution in [2.24, 2.45) is 5.92 Å². The third kappa shape index (κ3) is 1.11. The van der Waals surface area contributed by atoms with E-state index in [0.29, 0.717) is 5.82 Å². The average Bonchev–Trinajstić information content (AvgIpc) is 2.08. The first-order chi connectivity index (χ1) is 4.97. The van der Waals surface area contributed by atoms with Gasteiger partial charge in [-0.15, -0.1) is 0 Å². The van der Waals surface area contributed by atoms with E-state index in [0.717, 1.165) is 0 Å². The number of hydrogen-bond donors (Lipinski definition) is 2. The summed E-state index contributed by atoms with van der Waals surface area (Å²) in [6.07, 6.45) is 0. The molecule has 2 N–H and O–H groups in total. The molecule has 1 aliphatic rings. The van der Waals surface area contributed by atoms with Gasteiger partial charge in [-0.1, -0.05) is 20.4 Å². The molecule has 1 saturated heterocycles. The highest BCUT2D eigenvalue weighted by Crippen LogP contribution is 2.21. The van der Waals surface area contributed by atoms with E-state index in [-0.39, 0.29) is 11.8 Å². The van der Waals surface area contributed by atoms with E-state index in [1.54, 1.807) is 0 Å². The largest absolute Gasteiger partial charge is 0.358 e. The molecule has 0 saturated carbocycles. The van der Waals surface area contributed by atoms with Crippen molar-refractivity contribution in [3.8, 4) is 0 Å². The molecule has 1 atom stereocenters. The third-order valence-corrected chi connectivity index (χ3v) is 2.30. The Morgan fingerprint density at radius 2 is 2.09 bits per heavy atom. The Balaban J connectivity index is 2.87. The van der Waals surface area contributed by atoms with Gasteiger partial charge in [0.15, 0.2) is 0 Å². The quantitative estimate of drug-likeness (QED) is 0.580. The number of nitrogens with one attached hydrogen (secondary N) is 2. The highest BCUT2D eigenvalue weighted by atomic mass is 16.2. The summed E-state index contributed by atoms with van der Waals surface area (Å²) in [6, 6.07) is 0. The van der Waals surface area contributed by atoms with Gasteiger partial charge in [0.2, 0.25) is 0 Å². The number of carbonyl (C=O) groups excluding carboxylic acids is 1. The highest BCUT2D eigenvalue weighted by molar-refractivity contribution is 5.90. The van der Waals surface area contributed by atoms with Crippen molar-refractivity contribution in [1.82, 2.24) is 10.6 Å². The molecule has 0 bridgehead atoms. The highest BCUT2D eigenvalue weighted by Gasteiger charge is 2.41. The minimum atomic E-state index is -0.475. The van der Waals surface area contributed by atoms with Gasteiger partial charge >= 0.3 is 0 Å². The van der Waals surface area contributed by atoms with E-state index in [1.165, 1.54) is 0 Å². The molecule has 3 heteroatoms. The van der Waals surface area contributed by atoms with Crippen LogP contribution in [0.15, 0.2) is 12.4 Å². The van der Waals surface area contributed by atoms with E-state index < -0.39 is 5.54 Å². The Bertz CT molecular complexity index is 210. The van der Waals surface area contributed by atoms with Gasteiger partial charge in [0.25, 0.3) is 5.91 Å². The Morgan fingerprint density at radius 3 is 2.27 bits per heavy atom. The lowest BCUT2D eigenvalue weighted by atomic mass is 9.89. The van der Waals surface area contributed by atoms with E-state index in [2.05, 4.69) is 17.2 Å². The van der Waals surface area contributed by atoms with Crippen molar-refractivity contribution in [2.75, 3.05) is 0 Å². The van der Waals surface area contributed by atoms with Crippen LogP contribution in [0.3, 0.4) is 0 Å². The molecule has 0 radical (unpaired) electrons. The summed E-state index contributed by atoms with van der Waals surface area (Å²) in [7, 11) is 0. The molecule has 62 valence electrons. The smallest absolute Gasteiger partial charge is 0.251 e. The van der Waals surface area contributed by atoms with Gasteiger partial charge in [0.1, 0.15) is 5.54 Å². The summed E-state index contributed by atoms with van der Waals surface area (Å²) in [5, 5.41) is 5.67. The molecule has 0 aliphatic carbocycles. The lowest BCUT2D eigenvalue weighted by Gasteiger charge is -2.25. The fraction of sp³-hybridized carbons (Fsp3) is 0.625. The fourth-order valence-electron chi connectivity index (χ4n) is 1.07. The molecule has 1 aliphatic heterocycles. The van der Waals surface area contributed by atoms with Gasteiger partial charge in [-0.25, -0.2) is 0 Å². The molecular formula is C8H14N2O. The van der Waals surface area contributed by atoms with Gasteiger partial charge in [0.05, 0.1) is 5.82 Å². The Morgan fingerprint density at radius 1 is 1.55 bits per heavy atom. The van der Waals surface area contributed by atoms with Crippen LogP contribution in [0.1, 0.15) is 20.8 Å². The van der Waals surface area contributed by atoms with Gasteiger partial charge < -0.3 is 10.6 Å². The first-order valence-electron chi connectivity index (χ1n) is 3.75. The lowest BCUT2D eigenvalue weighted by molar-refractivity contribution is -0.124. The second-order valence-corrected chi connectivity index (χ2v) is 3.41. The summed E-state index contributed by atoms with van der Waals surface area (Å²) in [5.74, 6) is 0.880. The molecule has 0 aromatic heterocycles. The maximum Gasteiger partial charge on any atom is 0.251 e. The number of carbonyl (C=O) groups is 1. The summed E-state index contributed by atoms with van der Waals surface area (Å²) in [4.78, 5) is 11.3. The Labute approximate surface area is 66.9 Å². The van der Waals surface area contributed by atoms with Crippen LogP contribution in [0, 0.1) is 5.92 Å². The Hall–Kier alpha value is -0.990. The summed E-state index contributed by atoms with van der Waals surface area (Å²) >= 11 is 0. The molecule has 3 nitrogen and oxygen atoms in total. The van der Waals surface area contributed by atoms with Crippen LogP contribution in [0.4, 0.5) is 0 Å². The molecule has 0 aromatic carbocycles. The Kier molecular flexibility index (Phi) is 1.66. The predicted octanol–water partition coefficient (Wildman–Crippen LogP) is 0.592. The molecule has 1 rings (SSSR count). The zero-order valence-electron chi connectivity index (χ0n) is 7.19. The maximum atomic E-state index is 11.3. The van der Waals surface area contributed by atoms with Crippen LogP contribution in [0.2, 0.25) is 0 Å². The molecule has 1 heterocycles. The topological polar surface area (TPSA) is 41.1 Å². The van der Waals surface area contributed by atoms with Crippen molar-refractivity contribution in [1.29, 1.82) is 0 Å². The molecule has 0 spiro atoms. The van der Waals surface area contributed by atoms with Crippen molar-refractivity contribution < 1.29 is 4.79 Å². The first-order valence-corrected chi connectivity index (χ1v) is 3.75. The van der Waals surface area contributed by atoms with E-state index in [9.17, 15) is 4.79 Å². The summed E-state index contributed by atoms with van der Waals surface area (Å²) in [5.41, 5.74) is -0.475. The van der Waals surface area contributed by atoms with Crippen LogP contribution in [-0.4, -0.2) is 11.4 Å². The summed E-state index contributed by atoms with van der Waals surface area (Å²) < 4.78 is 0. The summed E-state index contributed by atoms with van der Waals surface area (Å²) in [6.45, 7) is 9.53. The first kappa shape index (κ1) is 8.11. The molecule has 1 amide bonds. The van der Waals surface area contributed by atoms with Gasteiger partial charge in [0, 0.05) is 0 Å². The maximum absolute atomic E-state index is 11.3.